The molecule has 1 amide bonds. The molecule has 2 aromatic rings. The molecule has 24 heavy (non-hydrogen) atoms. The van der Waals surface area contributed by atoms with E-state index in [4.69, 9.17) is 17.3 Å². The van der Waals surface area contributed by atoms with Gasteiger partial charge in [-0.15, -0.1) is 0 Å². The standard InChI is InChI=1S/C15H15ClFN3O3S/c1-2-24(22,23)13-4-3-11(17)5-9(13)7-20-15(21)12-6-10(16)8-19-14(12)18/h3-6,8H,2,7H2,1H3,(H2,18,19)(H,20,21). The highest BCUT2D eigenvalue weighted by Gasteiger charge is 2.18. The van der Waals surface area contributed by atoms with Gasteiger partial charge in [0.2, 0.25) is 0 Å². The highest BCUT2D eigenvalue weighted by molar-refractivity contribution is 7.91. The van der Waals surface area contributed by atoms with Crippen LogP contribution in [0.5, 0.6) is 0 Å². The van der Waals surface area contributed by atoms with E-state index in [1.807, 2.05) is 0 Å². The van der Waals surface area contributed by atoms with Crippen LogP contribution in [0.4, 0.5) is 10.2 Å². The number of sulfone groups is 1. The number of carbonyl (C=O) groups is 1. The summed E-state index contributed by atoms with van der Waals surface area (Å²) in [4.78, 5) is 15.9. The first-order valence-electron chi connectivity index (χ1n) is 6.95. The zero-order chi connectivity index (χ0) is 17.9. The van der Waals surface area contributed by atoms with Gasteiger partial charge in [0.1, 0.15) is 11.6 Å². The van der Waals surface area contributed by atoms with E-state index in [1.165, 1.54) is 25.3 Å². The topological polar surface area (TPSA) is 102 Å². The van der Waals surface area contributed by atoms with E-state index in [-0.39, 0.29) is 39.2 Å². The average molecular weight is 372 g/mol. The fourth-order valence-electron chi connectivity index (χ4n) is 2.05. The van der Waals surface area contributed by atoms with Gasteiger partial charge in [0, 0.05) is 12.7 Å². The molecule has 0 atom stereocenters. The average Bonchev–Trinajstić information content (AvgIpc) is 2.54. The smallest absolute Gasteiger partial charge is 0.255 e. The summed E-state index contributed by atoms with van der Waals surface area (Å²) < 4.78 is 37.6. The Morgan fingerprint density at radius 3 is 2.75 bits per heavy atom. The summed E-state index contributed by atoms with van der Waals surface area (Å²) in [6, 6.07) is 4.66. The molecule has 0 saturated carbocycles. The fraction of sp³-hybridized carbons (Fsp3) is 0.200. The van der Waals surface area contributed by atoms with Gasteiger partial charge in [-0.25, -0.2) is 17.8 Å². The summed E-state index contributed by atoms with van der Waals surface area (Å²) in [6.45, 7) is 1.30. The monoisotopic (exact) mass is 371 g/mol. The summed E-state index contributed by atoms with van der Waals surface area (Å²) in [5.41, 5.74) is 5.82. The lowest BCUT2D eigenvalue weighted by Crippen LogP contribution is -2.25. The predicted molar refractivity (Wildman–Crippen MR) is 89.0 cm³/mol. The van der Waals surface area contributed by atoms with Crippen molar-refractivity contribution in [2.24, 2.45) is 0 Å². The lowest BCUT2D eigenvalue weighted by Gasteiger charge is -2.11. The van der Waals surface area contributed by atoms with Crippen molar-refractivity contribution in [3.63, 3.8) is 0 Å². The van der Waals surface area contributed by atoms with Gasteiger partial charge >= 0.3 is 0 Å². The van der Waals surface area contributed by atoms with Gasteiger partial charge in [0.05, 0.1) is 21.2 Å². The van der Waals surface area contributed by atoms with Crippen molar-refractivity contribution in [3.05, 3.63) is 52.4 Å². The number of anilines is 1. The maximum atomic E-state index is 13.4. The van der Waals surface area contributed by atoms with Crippen LogP contribution in [0, 0.1) is 5.82 Å². The molecule has 2 rings (SSSR count). The van der Waals surface area contributed by atoms with Crippen molar-refractivity contribution < 1.29 is 17.6 Å². The van der Waals surface area contributed by atoms with Gasteiger partial charge < -0.3 is 11.1 Å². The van der Waals surface area contributed by atoms with Crippen molar-refractivity contribution in [1.82, 2.24) is 10.3 Å². The van der Waals surface area contributed by atoms with Crippen LogP contribution in [-0.2, 0) is 16.4 Å². The zero-order valence-corrected chi connectivity index (χ0v) is 14.3. The Balaban J connectivity index is 2.27. The summed E-state index contributed by atoms with van der Waals surface area (Å²) in [6.07, 6.45) is 1.30. The second-order valence-electron chi connectivity index (χ2n) is 4.92. The Hall–Kier alpha value is -2.19. The molecule has 0 aliphatic carbocycles. The van der Waals surface area contributed by atoms with Crippen LogP contribution in [0.15, 0.2) is 35.4 Å². The van der Waals surface area contributed by atoms with E-state index in [9.17, 15) is 17.6 Å². The van der Waals surface area contributed by atoms with Crippen LogP contribution in [0.2, 0.25) is 5.02 Å². The molecule has 0 fully saturated rings. The molecule has 1 aromatic heterocycles. The van der Waals surface area contributed by atoms with Gasteiger partial charge in [0.25, 0.3) is 5.91 Å². The van der Waals surface area contributed by atoms with Crippen molar-refractivity contribution in [2.45, 2.75) is 18.4 Å². The number of nitrogens with zero attached hydrogens (tertiary/aromatic N) is 1. The molecule has 6 nitrogen and oxygen atoms in total. The van der Waals surface area contributed by atoms with Gasteiger partial charge in [-0.2, -0.15) is 0 Å². The molecule has 3 N–H and O–H groups in total. The number of nitrogen functional groups attached to an aromatic ring is 1. The normalized spacial score (nSPS) is 11.3. The number of hydrogen-bond donors (Lipinski definition) is 2. The first-order chi connectivity index (χ1) is 11.2. The quantitative estimate of drug-likeness (QED) is 0.784. The molecule has 0 aliphatic heterocycles. The van der Waals surface area contributed by atoms with Crippen molar-refractivity contribution >= 4 is 33.2 Å². The molecular weight excluding hydrogens is 357 g/mol. The largest absolute Gasteiger partial charge is 0.383 e. The first kappa shape index (κ1) is 18.2. The number of hydrogen-bond acceptors (Lipinski definition) is 5. The summed E-state index contributed by atoms with van der Waals surface area (Å²) in [7, 11) is -3.55. The number of aromatic nitrogens is 1. The van der Waals surface area contributed by atoms with E-state index in [2.05, 4.69) is 10.3 Å². The molecule has 1 aromatic carbocycles. The molecule has 0 radical (unpaired) electrons. The van der Waals surface area contributed by atoms with Gasteiger partial charge in [-0.3, -0.25) is 4.79 Å². The predicted octanol–water partition coefficient (Wildman–Crippen LogP) is 2.18. The number of halogens is 2. The lowest BCUT2D eigenvalue weighted by molar-refractivity contribution is 0.0951. The van der Waals surface area contributed by atoms with Gasteiger partial charge in [-0.05, 0) is 29.8 Å². The van der Waals surface area contributed by atoms with E-state index in [0.717, 1.165) is 12.1 Å². The minimum Gasteiger partial charge on any atom is -0.383 e. The maximum Gasteiger partial charge on any atom is 0.255 e. The van der Waals surface area contributed by atoms with Crippen LogP contribution in [0.3, 0.4) is 0 Å². The highest BCUT2D eigenvalue weighted by atomic mass is 35.5. The first-order valence-corrected chi connectivity index (χ1v) is 8.98. The van der Waals surface area contributed by atoms with Crippen molar-refractivity contribution in [3.8, 4) is 0 Å². The van der Waals surface area contributed by atoms with Crippen molar-refractivity contribution in [2.75, 3.05) is 11.5 Å². The Morgan fingerprint density at radius 2 is 2.08 bits per heavy atom. The van der Waals surface area contributed by atoms with Crippen LogP contribution in [-0.4, -0.2) is 25.1 Å². The molecule has 0 aliphatic rings. The number of nitrogens with one attached hydrogen (secondary N) is 1. The Morgan fingerprint density at radius 1 is 1.38 bits per heavy atom. The summed E-state index contributed by atoms with van der Waals surface area (Å²) in [5.74, 6) is -1.34. The van der Waals surface area contributed by atoms with E-state index in [1.54, 1.807) is 0 Å². The molecule has 0 spiro atoms. The molecule has 0 saturated heterocycles. The molecule has 9 heteroatoms. The van der Waals surface area contributed by atoms with Gasteiger partial charge in [0.15, 0.2) is 9.84 Å². The second-order valence-corrected chi connectivity index (χ2v) is 7.61. The van der Waals surface area contributed by atoms with Crippen LogP contribution >= 0.6 is 11.6 Å². The van der Waals surface area contributed by atoms with Crippen LogP contribution < -0.4 is 11.1 Å². The van der Waals surface area contributed by atoms with E-state index < -0.39 is 21.6 Å². The minimum atomic E-state index is -3.55. The zero-order valence-electron chi connectivity index (χ0n) is 12.7. The number of carbonyl (C=O) groups excluding carboxylic acids is 1. The van der Waals surface area contributed by atoms with Gasteiger partial charge in [-0.1, -0.05) is 18.5 Å². The third-order valence-corrected chi connectivity index (χ3v) is 5.34. The van der Waals surface area contributed by atoms with E-state index in [0.29, 0.717) is 0 Å². The Bertz CT molecular complexity index is 888. The maximum absolute atomic E-state index is 13.4. The van der Waals surface area contributed by atoms with Crippen LogP contribution in [0.25, 0.3) is 0 Å². The third-order valence-electron chi connectivity index (χ3n) is 3.31. The summed E-state index contributed by atoms with van der Waals surface area (Å²) in [5, 5.41) is 2.73. The SMILES string of the molecule is CCS(=O)(=O)c1ccc(F)cc1CNC(=O)c1cc(Cl)cnc1N. The van der Waals surface area contributed by atoms with Crippen molar-refractivity contribution in [1.29, 1.82) is 0 Å². The minimum absolute atomic E-state index is 0.0162. The Labute approximate surface area is 143 Å². The van der Waals surface area contributed by atoms with Crippen LogP contribution in [0.1, 0.15) is 22.8 Å². The molecule has 0 bridgehead atoms. The molecule has 1 heterocycles. The lowest BCUT2D eigenvalue weighted by atomic mass is 10.2. The molecule has 128 valence electrons. The summed E-state index contributed by atoms with van der Waals surface area (Å²) >= 11 is 5.78. The number of pyridine rings is 1. The number of benzene rings is 1. The third kappa shape index (κ3) is 4.01. The number of rotatable bonds is 5. The van der Waals surface area contributed by atoms with E-state index >= 15 is 0 Å². The number of nitrogens with two attached hydrogens (primary N) is 1. The highest BCUT2D eigenvalue weighted by Crippen LogP contribution is 2.19. The number of amides is 1. The molecular formula is C15H15ClFN3O3S. The molecule has 0 unspecified atom stereocenters. The second kappa shape index (κ2) is 7.14. The fourth-order valence-corrected chi connectivity index (χ4v) is 3.32. The Kier molecular flexibility index (Phi) is 5.40.